The summed E-state index contributed by atoms with van der Waals surface area (Å²) < 4.78 is 0. The molecule has 16 heavy (non-hydrogen) atoms. The fourth-order valence-electron chi connectivity index (χ4n) is 1.59. The van der Waals surface area contributed by atoms with Crippen molar-refractivity contribution in [3.63, 3.8) is 0 Å². The van der Waals surface area contributed by atoms with E-state index in [1.54, 1.807) is 12.4 Å². The number of nitrogens with one attached hydrogen (secondary N) is 2. The zero-order valence-electron chi connectivity index (χ0n) is 8.93. The van der Waals surface area contributed by atoms with E-state index < -0.39 is 0 Å². The first-order valence-corrected chi connectivity index (χ1v) is 5.27. The van der Waals surface area contributed by atoms with Crippen molar-refractivity contribution in [3.05, 3.63) is 54.1 Å². The average molecular weight is 217 g/mol. The van der Waals surface area contributed by atoms with Crippen molar-refractivity contribution in [2.24, 2.45) is 0 Å². The second kappa shape index (κ2) is 5.44. The second-order valence-electron chi connectivity index (χ2n) is 3.56. The van der Waals surface area contributed by atoms with Crippen molar-refractivity contribution in [2.75, 3.05) is 6.61 Å². The molecule has 3 N–H and O–H groups in total. The third-order valence-corrected chi connectivity index (χ3v) is 2.46. The Morgan fingerprint density at radius 1 is 1.31 bits per heavy atom. The van der Waals surface area contributed by atoms with Crippen LogP contribution < -0.4 is 5.32 Å². The molecule has 4 nitrogen and oxygen atoms in total. The van der Waals surface area contributed by atoms with Crippen LogP contribution in [-0.2, 0) is 6.54 Å². The number of rotatable bonds is 5. The number of H-pyrrole nitrogens is 1. The molecule has 0 bridgehead atoms. The maximum absolute atomic E-state index is 9.31. The molecular formula is C12H15N3O. The lowest BCUT2D eigenvalue weighted by atomic mass is 10.1. The molecule has 4 heteroatoms. The largest absolute Gasteiger partial charge is 0.394 e. The monoisotopic (exact) mass is 217 g/mol. The van der Waals surface area contributed by atoms with E-state index in [2.05, 4.69) is 15.3 Å². The van der Waals surface area contributed by atoms with E-state index >= 15 is 0 Å². The first-order valence-electron chi connectivity index (χ1n) is 5.27. The van der Waals surface area contributed by atoms with Crippen molar-refractivity contribution in [3.8, 4) is 0 Å². The van der Waals surface area contributed by atoms with Gasteiger partial charge in [-0.15, -0.1) is 0 Å². The van der Waals surface area contributed by atoms with E-state index in [0.717, 1.165) is 11.4 Å². The fraction of sp³-hybridized carbons (Fsp3) is 0.250. The number of aliphatic hydroxyl groups is 1. The lowest BCUT2D eigenvalue weighted by molar-refractivity contribution is 0.243. The summed E-state index contributed by atoms with van der Waals surface area (Å²) in [5.41, 5.74) is 1.08. The van der Waals surface area contributed by atoms with Gasteiger partial charge in [-0.05, 0) is 5.56 Å². The fourth-order valence-corrected chi connectivity index (χ4v) is 1.59. The minimum Gasteiger partial charge on any atom is -0.394 e. The normalized spacial score (nSPS) is 12.6. The van der Waals surface area contributed by atoms with E-state index in [1.165, 1.54) is 0 Å². The summed E-state index contributed by atoms with van der Waals surface area (Å²) in [5.74, 6) is 0.870. The van der Waals surface area contributed by atoms with Gasteiger partial charge < -0.3 is 15.4 Å². The number of benzene rings is 1. The lowest BCUT2D eigenvalue weighted by Gasteiger charge is -2.15. The van der Waals surface area contributed by atoms with Crippen LogP contribution in [0.1, 0.15) is 17.4 Å². The van der Waals surface area contributed by atoms with Crippen LogP contribution in [0.4, 0.5) is 0 Å². The lowest BCUT2D eigenvalue weighted by Crippen LogP contribution is -2.24. The molecule has 1 heterocycles. The van der Waals surface area contributed by atoms with Crippen LogP contribution in [0.2, 0.25) is 0 Å². The van der Waals surface area contributed by atoms with Gasteiger partial charge in [-0.3, -0.25) is 0 Å². The molecule has 0 spiro atoms. The summed E-state index contributed by atoms with van der Waals surface area (Å²) in [4.78, 5) is 7.13. The smallest absolute Gasteiger partial charge is 0.120 e. The molecule has 0 amide bonds. The number of nitrogens with zero attached hydrogens (tertiary/aromatic N) is 1. The molecule has 2 rings (SSSR count). The highest BCUT2D eigenvalue weighted by Gasteiger charge is 2.09. The highest BCUT2D eigenvalue weighted by Crippen LogP contribution is 2.11. The van der Waals surface area contributed by atoms with Gasteiger partial charge in [0.1, 0.15) is 5.82 Å². The van der Waals surface area contributed by atoms with Gasteiger partial charge in [-0.2, -0.15) is 0 Å². The number of hydrogen-bond acceptors (Lipinski definition) is 3. The number of aromatic nitrogens is 2. The van der Waals surface area contributed by atoms with Crippen molar-refractivity contribution in [2.45, 2.75) is 12.6 Å². The molecule has 1 aromatic carbocycles. The van der Waals surface area contributed by atoms with Crippen LogP contribution in [0.25, 0.3) is 0 Å². The predicted molar refractivity (Wildman–Crippen MR) is 61.7 cm³/mol. The summed E-state index contributed by atoms with van der Waals surface area (Å²) in [5, 5.41) is 12.6. The number of hydrogen-bond donors (Lipinski definition) is 3. The Kier molecular flexibility index (Phi) is 3.69. The van der Waals surface area contributed by atoms with Crippen LogP contribution in [0.15, 0.2) is 42.7 Å². The van der Waals surface area contributed by atoms with Crippen LogP contribution in [0.5, 0.6) is 0 Å². The maximum Gasteiger partial charge on any atom is 0.120 e. The molecule has 1 atom stereocenters. The SMILES string of the molecule is OCC(NCc1ncc[nH]1)c1ccccc1. The molecule has 0 aliphatic rings. The Hall–Kier alpha value is -1.65. The Balaban J connectivity index is 1.96. The summed E-state index contributed by atoms with van der Waals surface area (Å²) >= 11 is 0. The summed E-state index contributed by atoms with van der Waals surface area (Å²) in [6.45, 7) is 0.692. The molecule has 0 saturated heterocycles. The Labute approximate surface area is 94.4 Å². The predicted octanol–water partition coefficient (Wildman–Crippen LogP) is 1.23. The van der Waals surface area contributed by atoms with Gasteiger partial charge in [0.2, 0.25) is 0 Å². The van der Waals surface area contributed by atoms with Crippen molar-refractivity contribution in [1.82, 2.24) is 15.3 Å². The minimum atomic E-state index is -0.0497. The van der Waals surface area contributed by atoms with Gasteiger partial charge in [0.15, 0.2) is 0 Å². The van der Waals surface area contributed by atoms with E-state index in [0.29, 0.717) is 6.54 Å². The highest BCUT2D eigenvalue weighted by atomic mass is 16.3. The van der Waals surface area contributed by atoms with Crippen molar-refractivity contribution in [1.29, 1.82) is 0 Å². The van der Waals surface area contributed by atoms with Crippen molar-refractivity contribution >= 4 is 0 Å². The molecule has 1 aromatic heterocycles. The van der Waals surface area contributed by atoms with E-state index in [-0.39, 0.29) is 12.6 Å². The Bertz CT molecular complexity index is 399. The van der Waals surface area contributed by atoms with Crippen molar-refractivity contribution < 1.29 is 5.11 Å². The van der Waals surface area contributed by atoms with Crippen LogP contribution in [0.3, 0.4) is 0 Å². The standard InChI is InChI=1S/C12H15N3O/c16-9-11(10-4-2-1-3-5-10)15-8-12-13-6-7-14-12/h1-7,11,15-16H,8-9H2,(H,13,14). The minimum absolute atomic E-state index is 0.0497. The first kappa shape index (κ1) is 10.9. The van der Waals surface area contributed by atoms with Gasteiger partial charge in [-0.1, -0.05) is 30.3 Å². The molecule has 0 fully saturated rings. The zero-order chi connectivity index (χ0) is 11.2. The second-order valence-corrected chi connectivity index (χ2v) is 3.56. The van der Waals surface area contributed by atoms with Gasteiger partial charge >= 0.3 is 0 Å². The van der Waals surface area contributed by atoms with Crippen LogP contribution >= 0.6 is 0 Å². The molecule has 0 saturated carbocycles. The van der Waals surface area contributed by atoms with Crippen LogP contribution in [-0.4, -0.2) is 21.7 Å². The third kappa shape index (κ3) is 2.68. The number of aromatic amines is 1. The topological polar surface area (TPSA) is 60.9 Å². The van der Waals surface area contributed by atoms with Gasteiger partial charge in [0.25, 0.3) is 0 Å². The quantitative estimate of drug-likeness (QED) is 0.706. The summed E-state index contributed by atoms with van der Waals surface area (Å²) in [6, 6.07) is 9.83. The molecule has 2 aromatic rings. The van der Waals surface area contributed by atoms with Crippen LogP contribution in [0, 0.1) is 0 Å². The molecule has 0 aliphatic carbocycles. The number of imidazole rings is 1. The number of aliphatic hydroxyl groups excluding tert-OH is 1. The average Bonchev–Trinajstić information content (AvgIpc) is 2.84. The third-order valence-electron chi connectivity index (χ3n) is 2.46. The highest BCUT2D eigenvalue weighted by molar-refractivity contribution is 5.18. The Morgan fingerprint density at radius 2 is 2.12 bits per heavy atom. The molecular weight excluding hydrogens is 202 g/mol. The summed E-state index contributed by atoms with van der Waals surface area (Å²) in [6.07, 6.45) is 3.50. The maximum atomic E-state index is 9.31. The van der Waals surface area contributed by atoms with E-state index in [9.17, 15) is 5.11 Å². The first-order chi connectivity index (χ1) is 7.90. The van der Waals surface area contributed by atoms with Gasteiger partial charge in [-0.25, -0.2) is 4.98 Å². The van der Waals surface area contributed by atoms with E-state index in [1.807, 2.05) is 30.3 Å². The zero-order valence-corrected chi connectivity index (χ0v) is 8.93. The molecule has 84 valence electrons. The Morgan fingerprint density at radius 3 is 2.75 bits per heavy atom. The molecule has 1 unspecified atom stereocenters. The molecule has 0 radical (unpaired) electrons. The van der Waals surface area contributed by atoms with E-state index in [4.69, 9.17) is 0 Å². The molecule has 0 aliphatic heterocycles. The van der Waals surface area contributed by atoms with Gasteiger partial charge in [0.05, 0.1) is 19.2 Å². The van der Waals surface area contributed by atoms with Gasteiger partial charge in [0, 0.05) is 12.4 Å². The summed E-state index contributed by atoms with van der Waals surface area (Å²) in [7, 11) is 0.